The maximum atomic E-state index is 11.8. The first-order chi connectivity index (χ1) is 8.01. The lowest BCUT2D eigenvalue weighted by atomic mass is 10.00. The van der Waals surface area contributed by atoms with Crippen LogP contribution >= 0.6 is 11.8 Å². The van der Waals surface area contributed by atoms with Gasteiger partial charge in [0, 0.05) is 5.25 Å². The van der Waals surface area contributed by atoms with E-state index in [2.05, 4.69) is 13.8 Å². The number of nitrogens with two attached hydrogens (primary N) is 1. The van der Waals surface area contributed by atoms with Crippen LogP contribution in [-0.4, -0.2) is 29.1 Å². The van der Waals surface area contributed by atoms with Crippen LogP contribution in [0.4, 0.5) is 0 Å². The maximum absolute atomic E-state index is 11.8. The molecule has 100 valence electrons. The van der Waals surface area contributed by atoms with E-state index >= 15 is 0 Å². The first-order valence-electron chi connectivity index (χ1n) is 6.59. The Balaban J connectivity index is 2.38. The molecule has 3 unspecified atom stereocenters. The zero-order valence-corrected chi connectivity index (χ0v) is 12.0. The van der Waals surface area contributed by atoms with Gasteiger partial charge in [0.25, 0.3) is 0 Å². The smallest absolute Gasteiger partial charge is 0.326 e. The third kappa shape index (κ3) is 4.18. The standard InChI is InChI=1S/C13H25NO2S/c1-4-10(3)9-17-11-6-7-13(14,8-11)12(15)16-5-2/h10-11H,4-9,14H2,1-3H3. The van der Waals surface area contributed by atoms with Crippen molar-refractivity contribution in [3.05, 3.63) is 0 Å². The van der Waals surface area contributed by atoms with E-state index in [9.17, 15) is 4.79 Å². The molecule has 1 aliphatic rings. The highest BCUT2D eigenvalue weighted by Crippen LogP contribution is 2.37. The van der Waals surface area contributed by atoms with E-state index in [0.29, 0.717) is 11.9 Å². The monoisotopic (exact) mass is 259 g/mol. The Labute approximate surface area is 109 Å². The predicted octanol–water partition coefficient (Wildman–Crippen LogP) is 2.58. The average molecular weight is 259 g/mol. The molecule has 0 spiro atoms. The van der Waals surface area contributed by atoms with Gasteiger partial charge >= 0.3 is 5.97 Å². The third-order valence-corrected chi connectivity index (χ3v) is 5.13. The van der Waals surface area contributed by atoms with Gasteiger partial charge < -0.3 is 10.5 Å². The number of carbonyl (C=O) groups excluding carboxylic acids is 1. The van der Waals surface area contributed by atoms with E-state index in [1.165, 1.54) is 12.2 Å². The van der Waals surface area contributed by atoms with E-state index in [4.69, 9.17) is 10.5 Å². The zero-order valence-electron chi connectivity index (χ0n) is 11.2. The summed E-state index contributed by atoms with van der Waals surface area (Å²) in [6.07, 6.45) is 3.79. The van der Waals surface area contributed by atoms with Gasteiger partial charge in [0.2, 0.25) is 0 Å². The molecule has 3 atom stereocenters. The molecule has 2 N–H and O–H groups in total. The van der Waals surface area contributed by atoms with E-state index in [0.717, 1.165) is 25.2 Å². The van der Waals surface area contributed by atoms with Crippen LogP contribution < -0.4 is 5.73 Å². The Morgan fingerprint density at radius 3 is 2.88 bits per heavy atom. The van der Waals surface area contributed by atoms with Crippen LogP contribution in [-0.2, 0) is 9.53 Å². The number of esters is 1. The summed E-state index contributed by atoms with van der Waals surface area (Å²) >= 11 is 1.97. The molecule has 3 nitrogen and oxygen atoms in total. The Morgan fingerprint density at radius 1 is 1.59 bits per heavy atom. The fourth-order valence-corrected chi connectivity index (χ4v) is 3.59. The average Bonchev–Trinajstić information content (AvgIpc) is 2.70. The molecule has 1 rings (SSSR count). The molecular weight excluding hydrogens is 234 g/mol. The lowest BCUT2D eigenvalue weighted by molar-refractivity contribution is -0.149. The van der Waals surface area contributed by atoms with Crippen LogP contribution in [0.15, 0.2) is 0 Å². The van der Waals surface area contributed by atoms with Gasteiger partial charge in [0.05, 0.1) is 6.61 Å². The SMILES string of the molecule is CCOC(=O)C1(N)CCC(SCC(C)CC)C1. The Hall–Kier alpha value is -0.220. The van der Waals surface area contributed by atoms with Crippen molar-refractivity contribution in [1.82, 2.24) is 0 Å². The van der Waals surface area contributed by atoms with Gasteiger partial charge in [-0.15, -0.1) is 0 Å². The summed E-state index contributed by atoms with van der Waals surface area (Å²) in [5.74, 6) is 1.70. The molecule has 0 aromatic carbocycles. The fourth-order valence-electron chi connectivity index (χ4n) is 2.05. The number of thioether (sulfide) groups is 1. The maximum Gasteiger partial charge on any atom is 0.326 e. The number of ether oxygens (including phenoxy) is 1. The van der Waals surface area contributed by atoms with Gasteiger partial charge in [-0.1, -0.05) is 20.3 Å². The topological polar surface area (TPSA) is 52.3 Å². The molecule has 0 radical (unpaired) electrons. The van der Waals surface area contributed by atoms with E-state index in [1.54, 1.807) is 0 Å². The number of rotatable bonds is 6. The molecule has 0 amide bonds. The molecule has 0 aromatic rings. The van der Waals surface area contributed by atoms with E-state index in [1.807, 2.05) is 18.7 Å². The molecular formula is C13H25NO2S. The van der Waals surface area contributed by atoms with Crippen molar-refractivity contribution in [1.29, 1.82) is 0 Å². The molecule has 0 saturated heterocycles. The van der Waals surface area contributed by atoms with Crippen molar-refractivity contribution >= 4 is 17.7 Å². The molecule has 1 saturated carbocycles. The Kier molecular flexibility index (Phi) is 5.80. The first-order valence-corrected chi connectivity index (χ1v) is 7.64. The number of hydrogen-bond acceptors (Lipinski definition) is 4. The highest BCUT2D eigenvalue weighted by atomic mass is 32.2. The summed E-state index contributed by atoms with van der Waals surface area (Å²) in [6.45, 7) is 6.72. The van der Waals surface area contributed by atoms with Crippen LogP contribution in [0.1, 0.15) is 46.5 Å². The summed E-state index contributed by atoms with van der Waals surface area (Å²) < 4.78 is 5.05. The van der Waals surface area contributed by atoms with Gasteiger partial charge in [0.1, 0.15) is 5.54 Å². The quantitative estimate of drug-likeness (QED) is 0.745. The van der Waals surface area contributed by atoms with Crippen molar-refractivity contribution in [2.24, 2.45) is 11.7 Å². The van der Waals surface area contributed by atoms with E-state index < -0.39 is 5.54 Å². The van der Waals surface area contributed by atoms with Crippen LogP contribution in [0.5, 0.6) is 0 Å². The van der Waals surface area contributed by atoms with Crippen molar-refractivity contribution in [3.63, 3.8) is 0 Å². The molecule has 17 heavy (non-hydrogen) atoms. The number of carbonyl (C=O) groups is 1. The van der Waals surface area contributed by atoms with Gasteiger partial charge in [-0.25, -0.2) is 0 Å². The van der Waals surface area contributed by atoms with Crippen LogP contribution in [0, 0.1) is 5.92 Å². The lowest BCUT2D eigenvalue weighted by Crippen LogP contribution is -2.47. The molecule has 4 heteroatoms. The minimum Gasteiger partial charge on any atom is -0.465 e. The van der Waals surface area contributed by atoms with Crippen LogP contribution in [0.2, 0.25) is 0 Å². The largest absolute Gasteiger partial charge is 0.465 e. The van der Waals surface area contributed by atoms with Gasteiger partial charge in [0.15, 0.2) is 0 Å². The lowest BCUT2D eigenvalue weighted by Gasteiger charge is -2.21. The Morgan fingerprint density at radius 2 is 2.29 bits per heavy atom. The van der Waals surface area contributed by atoms with Gasteiger partial charge in [-0.2, -0.15) is 11.8 Å². The van der Waals surface area contributed by atoms with Gasteiger partial charge in [-0.05, 0) is 37.9 Å². The molecule has 0 aliphatic heterocycles. The highest BCUT2D eigenvalue weighted by Gasteiger charge is 2.43. The second-order valence-corrected chi connectivity index (χ2v) is 6.42. The second-order valence-electron chi connectivity index (χ2n) is 5.09. The summed E-state index contributed by atoms with van der Waals surface area (Å²) in [4.78, 5) is 11.8. The van der Waals surface area contributed by atoms with Crippen molar-refractivity contribution < 1.29 is 9.53 Å². The summed E-state index contributed by atoms with van der Waals surface area (Å²) in [7, 11) is 0. The van der Waals surface area contributed by atoms with E-state index in [-0.39, 0.29) is 5.97 Å². The molecule has 1 aliphatic carbocycles. The zero-order chi connectivity index (χ0) is 12.9. The van der Waals surface area contributed by atoms with Crippen molar-refractivity contribution in [2.45, 2.75) is 57.2 Å². The normalized spacial score (nSPS) is 30.2. The first kappa shape index (κ1) is 14.8. The second kappa shape index (κ2) is 6.64. The van der Waals surface area contributed by atoms with Gasteiger partial charge in [-0.3, -0.25) is 4.79 Å². The van der Waals surface area contributed by atoms with Crippen molar-refractivity contribution in [2.75, 3.05) is 12.4 Å². The summed E-state index contributed by atoms with van der Waals surface area (Å²) in [5, 5.41) is 0.526. The molecule has 0 bridgehead atoms. The molecule has 0 aromatic heterocycles. The Bertz CT molecular complexity index is 260. The third-order valence-electron chi connectivity index (χ3n) is 3.50. The van der Waals surface area contributed by atoms with Crippen LogP contribution in [0.25, 0.3) is 0 Å². The summed E-state index contributed by atoms with van der Waals surface area (Å²) in [6, 6.07) is 0. The minimum atomic E-state index is -0.719. The molecule has 1 fully saturated rings. The fraction of sp³-hybridized carbons (Fsp3) is 0.923. The highest BCUT2D eigenvalue weighted by molar-refractivity contribution is 7.99. The van der Waals surface area contributed by atoms with Crippen LogP contribution in [0.3, 0.4) is 0 Å². The minimum absolute atomic E-state index is 0.216. The summed E-state index contributed by atoms with van der Waals surface area (Å²) in [5.41, 5.74) is 5.41. The number of hydrogen-bond donors (Lipinski definition) is 1. The predicted molar refractivity (Wildman–Crippen MR) is 73.1 cm³/mol. The van der Waals surface area contributed by atoms with Crippen molar-refractivity contribution in [3.8, 4) is 0 Å². The molecule has 0 heterocycles.